The van der Waals surface area contributed by atoms with E-state index in [1.807, 2.05) is 6.20 Å². The molecule has 0 bridgehead atoms. The summed E-state index contributed by atoms with van der Waals surface area (Å²) in [5.41, 5.74) is 2.16. The number of methoxy groups -OCH3 is 1. The third-order valence-corrected chi connectivity index (χ3v) is 8.58. The van der Waals surface area contributed by atoms with Crippen LogP contribution < -0.4 is 15.5 Å². The van der Waals surface area contributed by atoms with Gasteiger partial charge in [-0.3, -0.25) is 14.4 Å². The molecule has 2 aliphatic rings. The number of carbonyl (C=O) groups excluding carboxylic acids is 1. The first-order chi connectivity index (χ1) is 23.1. The number of hydrogen-bond donors (Lipinski definition) is 2. The Labute approximate surface area is 275 Å². The third-order valence-electron chi connectivity index (χ3n) is 8.58. The average molecular weight is 644 g/mol. The summed E-state index contributed by atoms with van der Waals surface area (Å²) in [6, 6.07) is 17.7. The van der Waals surface area contributed by atoms with E-state index >= 15 is 0 Å². The summed E-state index contributed by atoms with van der Waals surface area (Å²) in [7, 11) is 1.38. The number of likely N-dealkylation sites (tertiary alicyclic amines) is 1. The van der Waals surface area contributed by atoms with Crippen molar-refractivity contribution in [2.75, 3.05) is 75.2 Å². The molecule has 0 unspecified atom stereocenters. The fourth-order valence-corrected chi connectivity index (χ4v) is 5.97. The number of hydrogen-bond acceptors (Lipinski definition) is 12. The number of aromatic nitrogens is 5. The summed E-state index contributed by atoms with van der Waals surface area (Å²) in [5.74, 6) is 2.00. The Morgan fingerprint density at radius 3 is 2.66 bits per heavy atom. The largest absolute Gasteiger partial charge is 0.469 e. The Kier molecular flexibility index (Phi) is 11.4. The minimum Gasteiger partial charge on any atom is -0.469 e. The summed E-state index contributed by atoms with van der Waals surface area (Å²) in [6.07, 6.45) is 5.03. The van der Waals surface area contributed by atoms with E-state index in [4.69, 9.17) is 19.4 Å². The van der Waals surface area contributed by atoms with Gasteiger partial charge in [-0.25, -0.2) is 0 Å². The molecule has 0 amide bonds. The smallest absolute Gasteiger partial charge is 0.307 e. The van der Waals surface area contributed by atoms with Gasteiger partial charge in [-0.2, -0.15) is 9.97 Å². The van der Waals surface area contributed by atoms with Crippen molar-refractivity contribution in [1.82, 2.24) is 29.9 Å². The minimum atomic E-state index is -0.269. The summed E-state index contributed by atoms with van der Waals surface area (Å²) >= 11 is 0. The molecule has 2 saturated heterocycles. The molecule has 0 aliphatic carbocycles. The number of fused-ring (bicyclic) bond motifs is 1. The third kappa shape index (κ3) is 9.60. The van der Waals surface area contributed by atoms with E-state index in [9.17, 15) is 4.79 Å². The maximum absolute atomic E-state index is 11.2. The molecule has 2 aromatic heterocycles. The number of carbonyl (C=O) groups is 1. The summed E-state index contributed by atoms with van der Waals surface area (Å²) in [6.45, 7) is 8.01. The lowest BCUT2D eigenvalue weighted by atomic mass is 10.0. The van der Waals surface area contributed by atoms with Crippen LogP contribution in [0.2, 0.25) is 0 Å². The number of esters is 1. The van der Waals surface area contributed by atoms with E-state index < -0.39 is 0 Å². The molecule has 2 N–H and O–H groups in total. The van der Waals surface area contributed by atoms with Gasteiger partial charge in [-0.15, -0.1) is 5.10 Å². The average Bonchev–Trinajstić information content (AvgIpc) is 3.57. The van der Waals surface area contributed by atoms with Crippen LogP contribution in [0.25, 0.3) is 10.8 Å². The van der Waals surface area contributed by atoms with Crippen LogP contribution in [0.15, 0.2) is 54.7 Å². The molecule has 2 aliphatic heterocycles. The molecular weight excluding hydrogens is 598 g/mol. The topological polar surface area (TPSA) is 132 Å². The molecule has 2 fully saturated rings. The molecule has 47 heavy (non-hydrogen) atoms. The van der Waals surface area contributed by atoms with E-state index in [2.05, 4.69) is 84.0 Å². The molecule has 6 rings (SSSR count). The Balaban J connectivity index is 1.01. The van der Waals surface area contributed by atoms with Crippen LogP contribution in [0.3, 0.4) is 0 Å². The fourth-order valence-electron chi connectivity index (χ4n) is 5.97. The van der Waals surface area contributed by atoms with E-state index in [1.54, 1.807) is 4.68 Å². The first kappa shape index (κ1) is 32.6. The summed E-state index contributed by atoms with van der Waals surface area (Å²) in [4.78, 5) is 25.7. The number of anilines is 3. The number of morpholine rings is 1. The Bertz CT molecular complexity index is 1580. The van der Waals surface area contributed by atoms with Crippen molar-refractivity contribution in [2.24, 2.45) is 0 Å². The summed E-state index contributed by atoms with van der Waals surface area (Å²) in [5, 5.41) is 18.2. The molecule has 13 heteroatoms. The standard InChI is InChI=1S/C34H45N9O4/c1-45-33(44)11-18-46-17-4-12-43-25-30(39-40-43)23-35-34-37-31(22-32(38-34)42-15-19-47-20-16-42)36-29-9-13-41(14-10-29)24-26-7-8-27-5-2-3-6-28(27)21-26/h2-3,5-8,21-22,25,29H,4,9-20,23-24H2,1H3,(H2,35,36,37,38). The van der Waals surface area contributed by atoms with Crippen molar-refractivity contribution in [1.29, 1.82) is 0 Å². The molecule has 13 nitrogen and oxygen atoms in total. The van der Waals surface area contributed by atoms with Gasteiger partial charge in [0.05, 0.1) is 46.1 Å². The van der Waals surface area contributed by atoms with Crippen LogP contribution in [0.5, 0.6) is 0 Å². The number of piperidine rings is 1. The molecule has 4 aromatic rings. The van der Waals surface area contributed by atoms with Crippen molar-refractivity contribution in [3.05, 3.63) is 66.0 Å². The lowest BCUT2D eigenvalue weighted by molar-refractivity contribution is -0.141. The van der Waals surface area contributed by atoms with Crippen LogP contribution in [-0.2, 0) is 38.6 Å². The Morgan fingerprint density at radius 2 is 1.83 bits per heavy atom. The summed E-state index contributed by atoms with van der Waals surface area (Å²) < 4.78 is 17.5. The lowest BCUT2D eigenvalue weighted by Crippen LogP contribution is -2.39. The molecule has 2 aromatic carbocycles. The van der Waals surface area contributed by atoms with Crippen molar-refractivity contribution in [3.8, 4) is 0 Å². The quantitative estimate of drug-likeness (QED) is 0.145. The van der Waals surface area contributed by atoms with Gasteiger partial charge < -0.3 is 29.7 Å². The molecule has 0 spiro atoms. The van der Waals surface area contributed by atoms with E-state index in [0.717, 1.165) is 69.3 Å². The monoisotopic (exact) mass is 643 g/mol. The normalized spacial score (nSPS) is 16.0. The molecule has 0 atom stereocenters. The predicted octanol–water partition coefficient (Wildman–Crippen LogP) is 3.72. The number of nitrogens with one attached hydrogen (secondary N) is 2. The van der Waals surface area contributed by atoms with Gasteiger partial charge in [0.2, 0.25) is 5.95 Å². The molecule has 0 saturated carbocycles. The SMILES string of the molecule is COC(=O)CCOCCCn1cc(CNc2nc(NC3CCN(Cc4ccc5ccccc5c4)CC3)cc(N3CCOCC3)n2)nn1. The highest BCUT2D eigenvalue weighted by atomic mass is 16.5. The number of ether oxygens (including phenoxy) is 3. The van der Waals surface area contributed by atoms with Crippen LogP contribution >= 0.6 is 0 Å². The van der Waals surface area contributed by atoms with Gasteiger partial charge in [-0.05, 0) is 41.7 Å². The zero-order chi connectivity index (χ0) is 32.3. The Morgan fingerprint density at radius 1 is 1.00 bits per heavy atom. The molecule has 0 radical (unpaired) electrons. The van der Waals surface area contributed by atoms with Gasteiger partial charge in [0.1, 0.15) is 17.3 Å². The van der Waals surface area contributed by atoms with Crippen LogP contribution in [0.1, 0.15) is 36.9 Å². The molecule has 250 valence electrons. The van der Waals surface area contributed by atoms with Crippen LogP contribution in [-0.4, -0.2) is 102 Å². The zero-order valence-electron chi connectivity index (χ0n) is 27.1. The second-order valence-electron chi connectivity index (χ2n) is 12.0. The zero-order valence-corrected chi connectivity index (χ0v) is 27.1. The second kappa shape index (κ2) is 16.5. The highest BCUT2D eigenvalue weighted by Gasteiger charge is 2.21. The van der Waals surface area contributed by atoms with Crippen LogP contribution in [0.4, 0.5) is 17.6 Å². The van der Waals surface area contributed by atoms with Gasteiger partial charge in [0, 0.05) is 58.0 Å². The highest BCUT2D eigenvalue weighted by molar-refractivity contribution is 5.83. The number of rotatable bonds is 15. The lowest BCUT2D eigenvalue weighted by Gasteiger charge is -2.33. The Hall–Kier alpha value is -4.33. The molecular formula is C34H45N9O4. The van der Waals surface area contributed by atoms with Crippen LogP contribution in [0, 0.1) is 0 Å². The van der Waals surface area contributed by atoms with Gasteiger partial charge in [0.15, 0.2) is 0 Å². The predicted molar refractivity (Wildman–Crippen MR) is 180 cm³/mol. The minimum absolute atomic E-state index is 0.258. The van der Waals surface area contributed by atoms with Gasteiger partial charge in [0.25, 0.3) is 0 Å². The number of nitrogens with zero attached hydrogens (tertiary/aromatic N) is 7. The van der Waals surface area contributed by atoms with Gasteiger partial charge in [-0.1, -0.05) is 41.6 Å². The molecule has 4 heterocycles. The van der Waals surface area contributed by atoms with Crippen molar-refractivity contribution in [3.63, 3.8) is 0 Å². The van der Waals surface area contributed by atoms with E-state index in [-0.39, 0.29) is 12.4 Å². The van der Waals surface area contributed by atoms with Crippen molar-refractivity contribution < 1.29 is 19.0 Å². The number of benzene rings is 2. The van der Waals surface area contributed by atoms with Crippen molar-refractivity contribution >= 4 is 34.3 Å². The highest BCUT2D eigenvalue weighted by Crippen LogP contribution is 2.24. The maximum Gasteiger partial charge on any atom is 0.307 e. The number of aryl methyl sites for hydroxylation is 1. The maximum atomic E-state index is 11.2. The first-order valence-corrected chi connectivity index (χ1v) is 16.6. The van der Waals surface area contributed by atoms with E-state index in [1.165, 1.54) is 23.4 Å². The first-order valence-electron chi connectivity index (χ1n) is 16.6. The van der Waals surface area contributed by atoms with Crippen molar-refractivity contribution in [2.45, 2.75) is 51.4 Å². The second-order valence-corrected chi connectivity index (χ2v) is 12.0. The fraction of sp³-hybridized carbons (Fsp3) is 0.500. The van der Waals surface area contributed by atoms with E-state index in [0.29, 0.717) is 51.5 Å². The van der Waals surface area contributed by atoms with Gasteiger partial charge >= 0.3 is 5.97 Å².